The fourth-order valence-corrected chi connectivity index (χ4v) is 3.50. The van der Waals surface area contributed by atoms with Crippen molar-refractivity contribution in [3.8, 4) is 0 Å². The maximum Gasteiger partial charge on any atom is 0.274 e. The highest BCUT2D eigenvalue weighted by atomic mass is 16.2. The molecule has 4 rings (SSSR count). The summed E-state index contributed by atoms with van der Waals surface area (Å²) in [6.07, 6.45) is 5.28. The van der Waals surface area contributed by atoms with Crippen molar-refractivity contribution in [3.63, 3.8) is 0 Å². The molecular weight excluding hydrogens is 308 g/mol. The minimum atomic E-state index is -0.0780. The second-order valence-corrected chi connectivity index (χ2v) is 6.45. The lowest BCUT2D eigenvalue weighted by atomic mass is 10.2. The van der Waals surface area contributed by atoms with Crippen LogP contribution < -0.4 is 0 Å². The first kappa shape index (κ1) is 14.9. The number of amides is 2. The molecule has 0 radical (unpaired) electrons. The van der Waals surface area contributed by atoms with Crippen molar-refractivity contribution in [2.75, 3.05) is 13.1 Å². The van der Waals surface area contributed by atoms with Gasteiger partial charge in [-0.15, -0.1) is 0 Å². The summed E-state index contributed by atoms with van der Waals surface area (Å²) >= 11 is 0. The van der Waals surface area contributed by atoms with Crippen LogP contribution in [0, 0.1) is 0 Å². The molecule has 4 heterocycles. The van der Waals surface area contributed by atoms with E-state index in [0.29, 0.717) is 24.5 Å². The Bertz CT molecular complexity index is 815. The fourth-order valence-electron chi connectivity index (χ4n) is 3.50. The monoisotopic (exact) mass is 328 g/mol. The zero-order valence-corrected chi connectivity index (χ0v) is 13.9. The summed E-state index contributed by atoms with van der Waals surface area (Å²) in [6, 6.07) is 0. The predicted molar refractivity (Wildman–Crippen MR) is 85.1 cm³/mol. The van der Waals surface area contributed by atoms with Crippen molar-refractivity contribution in [3.05, 3.63) is 35.2 Å². The highest BCUT2D eigenvalue weighted by Gasteiger charge is 2.35. The number of aryl methyl sites for hydroxylation is 2. The zero-order valence-electron chi connectivity index (χ0n) is 13.9. The number of rotatable bonds is 2. The van der Waals surface area contributed by atoms with Gasteiger partial charge in [-0.2, -0.15) is 5.10 Å². The maximum atomic E-state index is 12.7. The molecule has 2 amide bonds. The van der Waals surface area contributed by atoms with Crippen LogP contribution in [0.25, 0.3) is 0 Å². The molecule has 126 valence electrons. The van der Waals surface area contributed by atoms with Gasteiger partial charge in [-0.05, 0) is 12.8 Å². The van der Waals surface area contributed by atoms with E-state index in [9.17, 15) is 9.59 Å². The Labute approximate surface area is 139 Å². The van der Waals surface area contributed by atoms with Crippen LogP contribution in [0.1, 0.15) is 45.1 Å². The van der Waals surface area contributed by atoms with E-state index in [1.807, 2.05) is 11.9 Å². The summed E-state index contributed by atoms with van der Waals surface area (Å²) in [5.41, 5.74) is 2.86. The standard InChI is InChI=1S/C16H20N6O2/c1-19-10-17-7-12(19)15(23)22-8-11-13(9-22)20(2)18-14(11)16(24)21-5-3-4-6-21/h7,10H,3-6,8-9H2,1-2H3. The molecule has 0 saturated carbocycles. The second-order valence-electron chi connectivity index (χ2n) is 6.45. The largest absolute Gasteiger partial charge is 0.337 e. The molecule has 2 aromatic rings. The van der Waals surface area contributed by atoms with Gasteiger partial charge in [0.25, 0.3) is 11.8 Å². The van der Waals surface area contributed by atoms with Crippen molar-refractivity contribution >= 4 is 11.8 Å². The third-order valence-corrected chi connectivity index (χ3v) is 4.88. The van der Waals surface area contributed by atoms with Gasteiger partial charge in [0.2, 0.25) is 0 Å². The molecule has 1 saturated heterocycles. The lowest BCUT2D eigenvalue weighted by molar-refractivity contribution is 0.0728. The number of imidazole rings is 1. The first-order valence-electron chi connectivity index (χ1n) is 8.16. The van der Waals surface area contributed by atoms with Crippen molar-refractivity contribution < 1.29 is 9.59 Å². The summed E-state index contributed by atoms with van der Waals surface area (Å²) in [5.74, 6) is -0.0926. The molecule has 0 aromatic carbocycles. The van der Waals surface area contributed by atoms with Gasteiger partial charge >= 0.3 is 0 Å². The van der Waals surface area contributed by atoms with Crippen LogP contribution in [0.5, 0.6) is 0 Å². The van der Waals surface area contributed by atoms with Crippen molar-refractivity contribution in [1.29, 1.82) is 0 Å². The Balaban J connectivity index is 1.60. The Morgan fingerprint density at radius 3 is 2.46 bits per heavy atom. The second kappa shape index (κ2) is 5.47. The number of hydrogen-bond donors (Lipinski definition) is 0. The van der Waals surface area contributed by atoms with E-state index in [-0.39, 0.29) is 11.8 Å². The first-order chi connectivity index (χ1) is 11.6. The van der Waals surface area contributed by atoms with Crippen LogP contribution in [-0.4, -0.2) is 54.0 Å². The van der Waals surface area contributed by atoms with Gasteiger partial charge in [0.1, 0.15) is 5.69 Å². The van der Waals surface area contributed by atoms with Gasteiger partial charge < -0.3 is 14.4 Å². The van der Waals surface area contributed by atoms with Crippen LogP contribution in [0.4, 0.5) is 0 Å². The van der Waals surface area contributed by atoms with Crippen LogP contribution in [0.3, 0.4) is 0 Å². The van der Waals surface area contributed by atoms with Gasteiger partial charge in [-0.25, -0.2) is 4.98 Å². The van der Waals surface area contributed by atoms with Crippen molar-refractivity contribution in [1.82, 2.24) is 29.1 Å². The minimum Gasteiger partial charge on any atom is -0.337 e. The third-order valence-electron chi connectivity index (χ3n) is 4.88. The van der Waals surface area contributed by atoms with E-state index in [4.69, 9.17) is 0 Å². The first-order valence-corrected chi connectivity index (χ1v) is 8.16. The lowest BCUT2D eigenvalue weighted by Crippen LogP contribution is -2.31. The van der Waals surface area contributed by atoms with E-state index >= 15 is 0 Å². The van der Waals surface area contributed by atoms with Crippen LogP contribution >= 0.6 is 0 Å². The molecule has 2 aromatic heterocycles. The maximum absolute atomic E-state index is 12.7. The molecular formula is C16H20N6O2. The molecule has 0 aliphatic carbocycles. The summed E-state index contributed by atoms with van der Waals surface area (Å²) < 4.78 is 3.44. The molecule has 0 atom stereocenters. The normalized spacial score (nSPS) is 16.8. The molecule has 0 unspecified atom stereocenters. The van der Waals surface area contributed by atoms with Gasteiger partial charge in [-0.3, -0.25) is 14.3 Å². The quantitative estimate of drug-likeness (QED) is 0.806. The Hall–Kier alpha value is -2.64. The third kappa shape index (κ3) is 2.21. The molecule has 8 nitrogen and oxygen atoms in total. The summed E-state index contributed by atoms with van der Waals surface area (Å²) in [5, 5.41) is 4.42. The zero-order chi connectivity index (χ0) is 16.8. The number of carbonyl (C=O) groups is 2. The Kier molecular flexibility index (Phi) is 3.40. The molecule has 2 aliphatic rings. The SMILES string of the molecule is Cn1cncc1C(=O)N1Cc2c(C(=O)N3CCCC3)nn(C)c2C1. The van der Waals surface area contributed by atoms with Gasteiger partial charge in [0.15, 0.2) is 5.69 Å². The van der Waals surface area contributed by atoms with Crippen LogP contribution in [0.2, 0.25) is 0 Å². The number of carbonyl (C=O) groups excluding carboxylic acids is 2. The van der Waals surface area contributed by atoms with Gasteiger partial charge in [0, 0.05) is 32.7 Å². The average Bonchev–Trinajstić information content (AvgIpc) is 3.32. The van der Waals surface area contributed by atoms with E-state index in [2.05, 4.69) is 10.1 Å². The van der Waals surface area contributed by atoms with Crippen LogP contribution in [-0.2, 0) is 27.2 Å². The number of fused-ring (bicyclic) bond motifs is 1. The molecule has 0 bridgehead atoms. The molecule has 0 N–H and O–H groups in total. The van der Waals surface area contributed by atoms with Gasteiger partial charge in [0.05, 0.1) is 31.3 Å². The highest BCUT2D eigenvalue weighted by molar-refractivity contribution is 5.96. The summed E-state index contributed by atoms with van der Waals surface area (Å²) in [4.78, 5) is 33.0. The van der Waals surface area contributed by atoms with E-state index in [1.54, 1.807) is 33.7 Å². The van der Waals surface area contributed by atoms with E-state index < -0.39 is 0 Å². The Morgan fingerprint density at radius 2 is 1.79 bits per heavy atom. The van der Waals surface area contributed by atoms with E-state index in [1.165, 1.54) is 0 Å². The Morgan fingerprint density at radius 1 is 1.04 bits per heavy atom. The number of likely N-dealkylation sites (tertiary alicyclic amines) is 1. The summed E-state index contributed by atoms with van der Waals surface area (Å²) in [7, 11) is 3.63. The van der Waals surface area contributed by atoms with E-state index in [0.717, 1.165) is 37.2 Å². The lowest BCUT2D eigenvalue weighted by Gasteiger charge is -2.17. The molecule has 0 spiro atoms. The molecule has 8 heteroatoms. The summed E-state index contributed by atoms with van der Waals surface area (Å²) in [6.45, 7) is 2.47. The minimum absolute atomic E-state index is 0.0146. The topological polar surface area (TPSA) is 76.3 Å². The fraction of sp³-hybridized carbons (Fsp3) is 0.500. The predicted octanol–water partition coefficient (Wildman–Crippen LogP) is 0.546. The van der Waals surface area contributed by atoms with Crippen molar-refractivity contribution in [2.24, 2.45) is 14.1 Å². The smallest absolute Gasteiger partial charge is 0.274 e. The number of hydrogen-bond acceptors (Lipinski definition) is 4. The number of nitrogens with zero attached hydrogens (tertiary/aromatic N) is 6. The molecule has 2 aliphatic heterocycles. The van der Waals surface area contributed by atoms with Gasteiger partial charge in [-0.1, -0.05) is 0 Å². The van der Waals surface area contributed by atoms with Crippen LogP contribution in [0.15, 0.2) is 12.5 Å². The number of aromatic nitrogens is 4. The highest BCUT2D eigenvalue weighted by Crippen LogP contribution is 2.28. The average molecular weight is 328 g/mol. The van der Waals surface area contributed by atoms with Crippen molar-refractivity contribution in [2.45, 2.75) is 25.9 Å². The molecule has 24 heavy (non-hydrogen) atoms. The molecule has 1 fully saturated rings.